The van der Waals surface area contributed by atoms with Crippen LogP contribution >= 0.6 is 0 Å². The van der Waals surface area contributed by atoms with E-state index in [2.05, 4.69) is 223 Å². The van der Waals surface area contributed by atoms with E-state index in [0.29, 0.717) is 0 Å². The fraction of sp³-hybridized carbons (Fsp3) is 0. The molecule has 60 heavy (non-hydrogen) atoms. The number of hydrogen-bond donors (Lipinski definition) is 0. The third-order valence-corrected chi connectivity index (χ3v) is 11.3. The first-order chi connectivity index (χ1) is 29.7. The average molecular weight is 770 g/mol. The molecular formula is C58H40FN. The lowest BCUT2D eigenvalue weighted by Gasteiger charge is -2.29. The number of nitrogens with zero attached hydrogens (tertiary/aromatic N) is 1. The van der Waals surface area contributed by atoms with Gasteiger partial charge in [-0.3, -0.25) is 0 Å². The predicted octanol–water partition coefficient (Wildman–Crippen LogP) is 16.5. The Morgan fingerprint density at radius 1 is 0.267 bits per heavy atom. The molecule has 0 saturated heterocycles. The number of anilines is 3. The van der Waals surface area contributed by atoms with Gasteiger partial charge in [-0.15, -0.1) is 0 Å². The number of benzene rings is 10. The normalized spacial score (nSPS) is 11.1. The Hall–Kier alpha value is -7.81. The van der Waals surface area contributed by atoms with Crippen LogP contribution in [0, 0.1) is 5.82 Å². The van der Waals surface area contributed by atoms with Gasteiger partial charge >= 0.3 is 0 Å². The van der Waals surface area contributed by atoms with Crippen molar-refractivity contribution in [3.63, 3.8) is 0 Å². The monoisotopic (exact) mass is 769 g/mol. The predicted molar refractivity (Wildman–Crippen MR) is 251 cm³/mol. The van der Waals surface area contributed by atoms with Crippen LogP contribution in [0.4, 0.5) is 21.5 Å². The Labute approximate surface area is 350 Å². The van der Waals surface area contributed by atoms with Crippen LogP contribution in [0.1, 0.15) is 0 Å². The van der Waals surface area contributed by atoms with Crippen LogP contribution in [0.15, 0.2) is 243 Å². The van der Waals surface area contributed by atoms with E-state index < -0.39 is 0 Å². The van der Waals surface area contributed by atoms with Gasteiger partial charge in [0.05, 0.1) is 5.69 Å². The van der Waals surface area contributed by atoms with Gasteiger partial charge in [0.2, 0.25) is 0 Å². The van der Waals surface area contributed by atoms with Gasteiger partial charge in [0.1, 0.15) is 5.82 Å². The maximum absolute atomic E-state index is 14.6. The minimum Gasteiger partial charge on any atom is -0.310 e. The molecule has 1 nitrogen and oxygen atoms in total. The Morgan fingerprint density at radius 3 is 1.30 bits per heavy atom. The van der Waals surface area contributed by atoms with Gasteiger partial charge < -0.3 is 4.90 Å². The topological polar surface area (TPSA) is 3.24 Å². The van der Waals surface area contributed by atoms with Crippen molar-refractivity contribution < 1.29 is 4.39 Å². The summed E-state index contributed by atoms with van der Waals surface area (Å²) in [5.41, 5.74) is 16.4. The van der Waals surface area contributed by atoms with Gasteiger partial charge in [-0.25, -0.2) is 4.39 Å². The molecule has 0 radical (unpaired) electrons. The van der Waals surface area contributed by atoms with E-state index in [4.69, 9.17) is 0 Å². The molecule has 0 fully saturated rings. The summed E-state index contributed by atoms with van der Waals surface area (Å²) in [6, 6.07) is 84.6. The standard InChI is InChI=1S/C58H40FN/c59-51-24-10-22-49(38-51)54-26-12-20-47-21-13-27-55(58(47)54)50-23-11-25-53(39-50)60(52-35-32-44(33-36-52)42-16-6-2-7-17-42)57-37-34-48(40-56(57)46-18-8-3-9-19-46)45-30-28-43(29-31-45)41-14-4-1-5-15-41/h1-40H. The third kappa shape index (κ3) is 7.28. The Balaban J connectivity index is 1.14. The summed E-state index contributed by atoms with van der Waals surface area (Å²) >= 11 is 0. The van der Waals surface area contributed by atoms with Crippen LogP contribution in [0.5, 0.6) is 0 Å². The molecule has 10 aromatic rings. The maximum Gasteiger partial charge on any atom is 0.123 e. The summed E-state index contributed by atoms with van der Waals surface area (Å²) in [5.74, 6) is -0.248. The van der Waals surface area contributed by atoms with E-state index in [1.165, 1.54) is 22.8 Å². The van der Waals surface area contributed by atoms with Gasteiger partial charge in [0.25, 0.3) is 0 Å². The largest absolute Gasteiger partial charge is 0.310 e. The second kappa shape index (κ2) is 16.2. The van der Waals surface area contributed by atoms with Crippen molar-refractivity contribution in [1.29, 1.82) is 0 Å². The number of fused-ring (bicyclic) bond motifs is 1. The zero-order valence-electron chi connectivity index (χ0n) is 32.9. The molecule has 0 saturated carbocycles. The summed E-state index contributed by atoms with van der Waals surface area (Å²) in [7, 11) is 0. The van der Waals surface area contributed by atoms with E-state index in [1.54, 1.807) is 12.1 Å². The first-order valence-electron chi connectivity index (χ1n) is 20.4. The molecule has 0 aliphatic carbocycles. The molecule has 0 spiro atoms. The first kappa shape index (κ1) is 36.5. The Kier molecular flexibility index (Phi) is 9.87. The molecule has 0 bridgehead atoms. The van der Waals surface area contributed by atoms with Crippen molar-refractivity contribution in [2.75, 3.05) is 4.90 Å². The van der Waals surface area contributed by atoms with Crippen LogP contribution in [-0.4, -0.2) is 0 Å². The van der Waals surface area contributed by atoms with Gasteiger partial charge in [-0.2, -0.15) is 0 Å². The molecule has 0 unspecified atom stereocenters. The highest BCUT2D eigenvalue weighted by Gasteiger charge is 2.20. The lowest BCUT2D eigenvalue weighted by Crippen LogP contribution is -2.11. The molecule has 0 aliphatic rings. The van der Waals surface area contributed by atoms with Crippen LogP contribution in [0.2, 0.25) is 0 Å². The highest BCUT2D eigenvalue weighted by atomic mass is 19.1. The van der Waals surface area contributed by atoms with Crippen LogP contribution < -0.4 is 4.90 Å². The molecule has 2 heteroatoms. The van der Waals surface area contributed by atoms with Crippen LogP contribution in [0.25, 0.3) is 77.5 Å². The zero-order chi connectivity index (χ0) is 40.3. The van der Waals surface area contributed by atoms with Gasteiger partial charge in [-0.05, 0) is 121 Å². The molecule has 0 N–H and O–H groups in total. The lowest BCUT2D eigenvalue weighted by atomic mass is 9.91. The van der Waals surface area contributed by atoms with Crippen molar-refractivity contribution in [2.45, 2.75) is 0 Å². The molecule has 0 aliphatic heterocycles. The zero-order valence-corrected chi connectivity index (χ0v) is 32.9. The van der Waals surface area contributed by atoms with Gasteiger partial charge in [-0.1, -0.05) is 194 Å². The SMILES string of the molecule is Fc1cccc(-c2cccc3cccc(-c4cccc(N(c5ccc(-c6ccccc6)cc5)c5ccc(-c6ccc(-c7ccccc7)cc6)cc5-c5ccccc5)c4)c23)c1. The quantitative estimate of drug-likeness (QED) is 0.141. The number of halogens is 1. The molecule has 0 aromatic heterocycles. The molecule has 284 valence electrons. The smallest absolute Gasteiger partial charge is 0.123 e. The maximum atomic E-state index is 14.6. The first-order valence-corrected chi connectivity index (χ1v) is 20.4. The average Bonchev–Trinajstić information content (AvgIpc) is 3.32. The summed E-state index contributed by atoms with van der Waals surface area (Å²) in [6.45, 7) is 0. The molecular weight excluding hydrogens is 730 g/mol. The Morgan fingerprint density at radius 2 is 0.717 bits per heavy atom. The molecule has 10 aromatic carbocycles. The van der Waals surface area contributed by atoms with Crippen molar-refractivity contribution >= 4 is 27.8 Å². The molecule has 0 amide bonds. The summed E-state index contributed by atoms with van der Waals surface area (Å²) in [6.07, 6.45) is 0. The fourth-order valence-electron chi connectivity index (χ4n) is 8.40. The number of hydrogen-bond acceptors (Lipinski definition) is 1. The second-order valence-corrected chi connectivity index (χ2v) is 15.1. The molecule has 0 atom stereocenters. The third-order valence-electron chi connectivity index (χ3n) is 11.3. The van der Waals surface area contributed by atoms with Crippen molar-refractivity contribution in [2.24, 2.45) is 0 Å². The summed E-state index contributed by atoms with van der Waals surface area (Å²) in [4.78, 5) is 2.38. The summed E-state index contributed by atoms with van der Waals surface area (Å²) < 4.78 is 14.6. The van der Waals surface area contributed by atoms with Gasteiger partial charge in [0, 0.05) is 16.9 Å². The van der Waals surface area contributed by atoms with Crippen molar-refractivity contribution in [3.8, 4) is 66.8 Å². The van der Waals surface area contributed by atoms with E-state index in [-0.39, 0.29) is 5.82 Å². The minimum atomic E-state index is -0.248. The van der Waals surface area contributed by atoms with Crippen LogP contribution in [0.3, 0.4) is 0 Å². The summed E-state index contributed by atoms with van der Waals surface area (Å²) in [5, 5.41) is 2.20. The fourth-order valence-corrected chi connectivity index (χ4v) is 8.40. The van der Waals surface area contributed by atoms with Gasteiger partial charge in [0.15, 0.2) is 0 Å². The number of rotatable bonds is 9. The minimum absolute atomic E-state index is 0.248. The van der Waals surface area contributed by atoms with E-state index in [1.807, 2.05) is 6.07 Å². The van der Waals surface area contributed by atoms with E-state index in [9.17, 15) is 4.39 Å². The van der Waals surface area contributed by atoms with Crippen molar-refractivity contribution in [1.82, 2.24) is 0 Å². The molecule has 0 heterocycles. The molecule has 10 rings (SSSR count). The lowest BCUT2D eigenvalue weighted by molar-refractivity contribution is 0.628. The van der Waals surface area contributed by atoms with Crippen LogP contribution in [-0.2, 0) is 0 Å². The second-order valence-electron chi connectivity index (χ2n) is 15.1. The van der Waals surface area contributed by atoms with E-state index >= 15 is 0 Å². The Bertz CT molecular complexity index is 3060. The highest BCUT2D eigenvalue weighted by molar-refractivity contribution is 6.07. The van der Waals surface area contributed by atoms with E-state index in [0.717, 1.165) is 77.9 Å². The highest BCUT2D eigenvalue weighted by Crippen LogP contribution is 2.45. The van der Waals surface area contributed by atoms with Crippen molar-refractivity contribution in [3.05, 3.63) is 248 Å².